The summed E-state index contributed by atoms with van der Waals surface area (Å²) in [5.74, 6) is -0.265. The van der Waals surface area contributed by atoms with Gasteiger partial charge in [0.1, 0.15) is 12.2 Å². The number of thiophene rings is 1. The van der Waals surface area contributed by atoms with Gasteiger partial charge in [0.05, 0.1) is 33.6 Å². The van der Waals surface area contributed by atoms with Gasteiger partial charge in [0.2, 0.25) is 0 Å². The molecule has 24 heavy (non-hydrogen) atoms. The zero-order valence-electron chi connectivity index (χ0n) is 12.4. The molecule has 3 rings (SSSR count). The molecule has 0 bridgehead atoms. The van der Waals surface area contributed by atoms with Crippen molar-refractivity contribution < 1.29 is 14.3 Å². The fourth-order valence-electron chi connectivity index (χ4n) is 2.36. The molecule has 1 N–H and O–H groups in total. The number of benzene rings is 1. The molecule has 0 saturated carbocycles. The molecule has 1 aliphatic heterocycles. The van der Waals surface area contributed by atoms with Crippen LogP contribution in [0.5, 0.6) is 0 Å². The molecule has 1 fully saturated rings. The van der Waals surface area contributed by atoms with Crippen LogP contribution in [0.3, 0.4) is 0 Å². The monoisotopic (exact) mass is 361 g/mol. The number of halogens is 1. The van der Waals surface area contributed by atoms with E-state index in [-0.39, 0.29) is 19.0 Å². The van der Waals surface area contributed by atoms with Gasteiger partial charge in [-0.3, -0.25) is 9.69 Å². The Hall–Kier alpha value is -2.56. The molecule has 0 aliphatic carbocycles. The summed E-state index contributed by atoms with van der Waals surface area (Å²) in [5.41, 5.74) is 0.899. The number of rotatable bonds is 4. The van der Waals surface area contributed by atoms with Crippen molar-refractivity contribution >= 4 is 40.6 Å². The zero-order chi connectivity index (χ0) is 17.1. The minimum atomic E-state index is -0.531. The second-order valence-electron chi connectivity index (χ2n) is 5.06. The first kappa shape index (κ1) is 16.3. The van der Waals surface area contributed by atoms with Crippen molar-refractivity contribution in [3.05, 3.63) is 51.2 Å². The molecule has 122 valence electrons. The Morgan fingerprint density at radius 3 is 2.92 bits per heavy atom. The van der Waals surface area contributed by atoms with Gasteiger partial charge in [-0.25, -0.2) is 4.79 Å². The van der Waals surface area contributed by atoms with E-state index in [0.29, 0.717) is 20.5 Å². The predicted molar refractivity (Wildman–Crippen MR) is 90.4 cm³/mol. The molecule has 1 atom stereocenters. The third kappa shape index (κ3) is 3.35. The molecule has 2 aromatic rings. The Kier molecular flexibility index (Phi) is 4.69. The van der Waals surface area contributed by atoms with E-state index in [9.17, 15) is 9.59 Å². The lowest BCUT2D eigenvalue weighted by molar-refractivity contribution is 0.0920. The average molecular weight is 362 g/mol. The second-order valence-corrected chi connectivity index (χ2v) is 6.77. The van der Waals surface area contributed by atoms with Gasteiger partial charge in [-0.15, -0.1) is 11.3 Å². The van der Waals surface area contributed by atoms with Crippen LogP contribution >= 0.6 is 22.9 Å². The number of carbonyl (C=O) groups excluding carboxylic acids is 2. The van der Waals surface area contributed by atoms with E-state index in [1.54, 1.807) is 36.4 Å². The van der Waals surface area contributed by atoms with Gasteiger partial charge >= 0.3 is 6.09 Å². The number of anilines is 1. The Bertz CT molecular complexity index is 830. The van der Waals surface area contributed by atoms with Crippen LogP contribution in [-0.4, -0.2) is 31.2 Å². The molecule has 8 heteroatoms. The van der Waals surface area contributed by atoms with Crippen molar-refractivity contribution in [3.63, 3.8) is 0 Å². The Labute approximate surface area is 147 Å². The van der Waals surface area contributed by atoms with E-state index in [4.69, 9.17) is 21.6 Å². The highest BCUT2D eigenvalue weighted by Crippen LogP contribution is 2.25. The summed E-state index contributed by atoms with van der Waals surface area (Å²) < 4.78 is 5.79. The second kappa shape index (κ2) is 6.91. The van der Waals surface area contributed by atoms with Crippen molar-refractivity contribution in [1.29, 1.82) is 5.26 Å². The van der Waals surface area contributed by atoms with Crippen LogP contribution in [0.4, 0.5) is 10.5 Å². The van der Waals surface area contributed by atoms with Gasteiger partial charge in [0.25, 0.3) is 5.91 Å². The average Bonchev–Trinajstić information content (AvgIpc) is 3.18. The lowest BCUT2D eigenvalue weighted by Crippen LogP contribution is -2.34. The van der Waals surface area contributed by atoms with Crippen LogP contribution in [0.15, 0.2) is 36.4 Å². The quantitative estimate of drug-likeness (QED) is 0.907. The van der Waals surface area contributed by atoms with E-state index in [1.165, 1.54) is 16.2 Å². The van der Waals surface area contributed by atoms with E-state index in [0.717, 1.165) is 0 Å². The van der Waals surface area contributed by atoms with Crippen molar-refractivity contribution in [2.45, 2.75) is 6.10 Å². The summed E-state index contributed by atoms with van der Waals surface area (Å²) in [6.45, 7) is 0.453. The van der Waals surface area contributed by atoms with Gasteiger partial charge in [0, 0.05) is 0 Å². The number of para-hydroxylation sites is 1. The van der Waals surface area contributed by atoms with Crippen molar-refractivity contribution in [3.8, 4) is 6.07 Å². The van der Waals surface area contributed by atoms with Gasteiger partial charge < -0.3 is 10.1 Å². The van der Waals surface area contributed by atoms with Gasteiger partial charge in [-0.2, -0.15) is 5.26 Å². The van der Waals surface area contributed by atoms with E-state index in [2.05, 4.69) is 11.4 Å². The summed E-state index contributed by atoms with van der Waals surface area (Å²) in [6, 6.07) is 12.1. The summed E-state index contributed by atoms with van der Waals surface area (Å²) in [5, 5.41) is 11.9. The lowest BCUT2D eigenvalue weighted by Gasteiger charge is -2.14. The maximum Gasteiger partial charge on any atom is 0.414 e. The number of nitrogens with one attached hydrogen (secondary N) is 1. The maximum atomic E-state index is 12.0. The molecule has 1 saturated heterocycles. The molecule has 1 aromatic carbocycles. The topological polar surface area (TPSA) is 82.4 Å². The molecule has 1 aliphatic rings. The predicted octanol–water partition coefficient (Wildman–Crippen LogP) is 3.03. The SMILES string of the molecule is N#Cc1ccccc1N1CC(CNC(=O)c2ccc(Cl)s2)OC1=O. The summed E-state index contributed by atoms with van der Waals surface area (Å²) in [4.78, 5) is 25.9. The van der Waals surface area contributed by atoms with Gasteiger partial charge in [-0.1, -0.05) is 23.7 Å². The third-order valence-corrected chi connectivity index (χ3v) is 4.71. The Balaban J connectivity index is 1.63. The first-order valence-electron chi connectivity index (χ1n) is 7.09. The molecule has 1 unspecified atom stereocenters. The fraction of sp³-hybridized carbons (Fsp3) is 0.188. The number of carbonyl (C=O) groups is 2. The molecule has 0 radical (unpaired) electrons. The third-order valence-electron chi connectivity index (χ3n) is 3.48. The van der Waals surface area contributed by atoms with Crippen molar-refractivity contribution in [1.82, 2.24) is 5.32 Å². The highest BCUT2D eigenvalue weighted by molar-refractivity contribution is 7.17. The summed E-state index contributed by atoms with van der Waals surface area (Å²) >= 11 is 6.98. The minimum absolute atomic E-state index is 0.186. The molecule has 2 amide bonds. The zero-order valence-corrected chi connectivity index (χ0v) is 13.9. The Morgan fingerprint density at radius 2 is 2.21 bits per heavy atom. The molecule has 6 nitrogen and oxygen atoms in total. The number of amides is 2. The van der Waals surface area contributed by atoms with Crippen LogP contribution < -0.4 is 10.2 Å². The van der Waals surface area contributed by atoms with E-state index in [1.807, 2.05) is 0 Å². The van der Waals surface area contributed by atoms with Gasteiger partial charge in [0.15, 0.2) is 0 Å². The van der Waals surface area contributed by atoms with Crippen LogP contribution in [-0.2, 0) is 4.74 Å². The smallest absolute Gasteiger partial charge is 0.414 e. The number of ether oxygens (including phenoxy) is 1. The number of hydrogen-bond acceptors (Lipinski definition) is 5. The number of hydrogen-bond donors (Lipinski definition) is 1. The summed E-state index contributed by atoms with van der Waals surface area (Å²) in [7, 11) is 0. The van der Waals surface area contributed by atoms with Crippen molar-refractivity contribution in [2.75, 3.05) is 18.0 Å². The normalized spacial score (nSPS) is 16.6. The summed E-state index contributed by atoms with van der Waals surface area (Å²) in [6.07, 6.45) is -1.01. The van der Waals surface area contributed by atoms with Gasteiger partial charge in [-0.05, 0) is 24.3 Å². The highest BCUT2D eigenvalue weighted by Gasteiger charge is 2.33. The number of cyclic esters (lactones) is 1. The minimum Gasteiger partial charge on any atom is -0.442 e. The highest BCUT2D eigenvalue weighted by atomic mass is 35.5. The lowest BCUT2D eigenvalue weighted by atomic mass is 10.2. The molecule has 0 spiro atoms. The first-order chi connectivity index (χ1) is 11.6. The molecule has 1 aromatic heterocycles. The van der Waals surface area contributed by atoms with E-state index >= 15 is 0 Å². The number of nitrogens with zero attached hydrogens (tertiary/aromatic N) is 2. The van der Waals surface area contributed by atoms with Crippen LogP contribution in [0.2, 0.25) is 4.34 Å². The van der Waals surface area contributed by atoms with Crippen LogP contribution in [0.1, 0.15) is 15.2 Å². The van der Waals surface area contributed by atoms with E-state index < -0.39 is 12.2 Å². The fourth-order valence-corrected chi connectivity index (χ4v) is 3.32. The van der Waals surface area contributed by atoms with Crippen LogP contribution in [0.25, 0.3) is 0 Å². The first-order valence-corrected chi connectivity index (χ1v) is 8.28. The van der Waals surface area contributed by atoms with Crippen molar-refractivity contribution in [2.24, 2.45) is 0 Å². The van der Waals surface area contributed by atoms with Crippen LogP contribution in [0, 0.1) is 11.3 Å². The maximum absolute atomic E-state index is 12.0. The largest absolute Gasteiger partial charge is 0.442 e. The molecule has 2 heterocycles. The number of nitriles is 1. The molecular formula is C16H12ClN3O3S. The Morgan fingerprint density at radius 1 is 1.42 bits per heavy atom. The standard InChI is InChI=1S/C16H12ClN3O3S/c17-14-6-5-13(24-14)15(21)19-8-11-9-20(16(22)23-11)12-4-2-1-3-10(12)7-18/h1-6,11H,8-9H2,(H,19,21). The molecular weight excluding hydrogens is 350 g/mol.